The molecule has 2 fully saturated rings. The molecular formula is C17H24N4O. The van der Waals surface area contributed by atoms with Crippen LogP contribution in [0.4, 0.5) is 0 Å². The summed E-state index contributed by atoms with van der Waals surface area (Å²) in [5.74, 6) is 0.0586. The molecule has 0 N–H and O–H groups in total. The molecule has 0 spiro atoms. The largest absolute Gasteiger partial charge is 0.339 e. The number of likely N-dealkylation sites (tertiary alicyclic amines) is 1. The van der Waals surface area contributed by atoms with Crippen LogP contribution in [-0.2, 0) is 4.79 Å². The lowest BCUT2D eigenvalue weighted by atomic mass is 9.74. The van der Waals surface area contributed by atoms with Gasteiger partial charge in [-0.25, -0.2) is 0 Å². The fraction of sp³-hybridized carbons (Fsp3) is 0.706. The number of carbonyl (C=O) groups excluding carboxylic acids is 1. The van der Waals surface area contributed by atoms with Gasteiger partial charge in [-0.15, -0.1) is 0 Å². The standard InChI is InChI=1S/C17H24N4O/c1-14-10-19-21(11-14)15-6-5-9-20(12-15)16(22)17(13-18)7-3-2-4-8-17/h10-11,15H,2-9,12H2,1H3/t15-/m1/s1. The molecular weight excluding hydrogens is 276 g/mol. The van der Waals surface area contributed by atoms with Gasteiger partial charge in [-0.3, -0.25) is 9.48 Å². The van der Waals surface area contributed by atoms with Crippen molar-refractivity contribution in [3.63, 3.8) is 0 Å². The lowest BCUT2D eigenvalue weighted by Crippen LogP contribution is -2.48. The Labute approximate surface area is 131 Å². The molecule has 0 aromatic carbocycles. The Morgan fingerprint density at radius 1 is 1.36 bits per heavy atom. The first kappa shape index (κ1) is 15.1. The molecule has 1 aromatic heterocycles. The summed E-state index contributed by atoms with van der Waals surface area (Å²) < 4.78 is 1.98. The van der Waals surface area contributed by atoms with Gasteiger partial charge in [0, 0.05) is 19.3 Å². The quantitative estimate of drug-likeness (QED) is 0.843. The third-order valence-electron chi connectivity index (χ3n) is 5.12. The molecule has 1 aromatic rings. The van der Waals surface area contributed by atoms with E-state index in [1.165, 1.54) is 0 Å². The minimum atomic E-state index is -0.764. The molecule has 5 heteroatoms. The van der Waals surface area contributed by atoms with Gasteiger partial charge in [0.2, 0.25) is 5.91 Å². The van der Waals surface area contributed by atoms with E-state index in [-0.39, 0.29) is 11.9 Å². The molecule has 0 bridgehead atoms. The zero-order chi connectivity index (χ0) is 15.6. The second-order valence-electron chi connectivity index (χ2n) is 6.80. The van der Waals surface area contributed by atoms with E-state index in [1.54, 1.807) is 0 Å². The lowest BCUT2D eigenvalue weighted by Gasteiger charge is -2.39. The number of carbonyl (C=O) groups is 1. The maximum atomic E-state index is 13.0. The summed E-state index contributed by atoms with van der Waals surface area (Å²) in [4.78, 5) is 14.9. The number of aryl methyl sites for hydroxylation is 1. The van der Waals surface area contributed by atoms with Crippen LogP contribution in [0.1, 0.15) is 56.6 Å². The summed E-state index contributed by atoms with van der Waals surface area (Å²) in [5, 5.41) is 14.0. The first-order valence-electron chi connectivity index (χ1n) is 8.36. The normalized spacial score (nSPS) is 24.7. The zero-order valence-electron chi connectivity index (χ0n) is 13.3. The number of nitriles is 1. The Morgan fingerprint density at radius 3 is 2.77 bits per heavy atom. The summed E-state index contributed by atoms with van der Waals surface area (Å²) >= 11 is 0. The first-order valence-corrected chi connectivity index (χ1v) is 8.36. The Kier molecular flexibility index (Phi) is 4.19. The van der Waals surface area contributed by atoms with E-state index >= 15 is 0 Å². The zero-order valence-corrected chi connectivity index (χ0v) is 13.3. The third kappa shape index (κ3) is 2.75. The maximum absolute atomic E-state index is 13.0. The summed E-state index contributed by atoms with van der Waals surface area (Å²) in [6.45, 7) is 3.49. The minimum Gasteiger partial charge on any atom is -0.339 e. The summed E-state index contributed by atoms with van der Waals surface area (Å²) in [6, 6.07) is 2.60. The Hall–Kier alpha value is -1.83. The number of hydrogen-bond acceptors (Lipinski definition) is 3. The molecule has 2 heterocycles. The highest BCUT2D eigenvalue weighted by Crippen LogP contribution is 2.38. The van der Waals surface area contributed by atoms with Crippen LogP contribution >= 0.6 is 0 Å². The molecule has 1 aliphatic heterocycles. The van der Waals surface area contributed by atoms with Crippen LogP contribution in [0.2, 0.25) is 0 Å². The van der Waals surface area contributed by atoms with E-state index in [1.807, 2.05) is 28.9 Å². The summed E-state index contributed by atoms with van der Waals surface area (Å²) in [5.41, 5.74) is 0.379. The van der Waals surface area contributed by atoms with Crippen LogP contribution < -0.4 is 0 Å². The molecule has 118 valence electrons. The van der Waals surface area contributed by atoms with Crippen LogP contribution in [0, 0.1) is 23.7 Å². The van der Waals surface area contributed by atoms with Crippen LogP contribution in [0.15, 0.2) is 12.4 Å². The average molecular weight is 300 g/mol. The molecule has 1 saturated heterocycles. The van der Waals surface area contributed by atoms with Gasteiger partial charge >= 0.3 is 0 Å². The Morgan fingerprint density at radius 2 is 2.14 bits per heavy atom. The van der Waals surface area contributed by atoms with Crippen LogP contribution in [-0.4, -0.2) is 33.7 Å². The smallest absolute Gasteiger partial charge is 0.243 e. The van der Waals surface area contributed by atoms with Gasteiger partial charge in [0.05, 0.1) is 18.3 Å². The fourth-order valence-electron chi connectivity index (χ4n) is 3.82. The van der Waals surface area contributed by atoms with E-state index < -0.39 is 5.41 Å². The molecule has 1 aliphatic carbocycles. The van der Waals surface area contributed by atoms with Crippen molar-refractivity contribution < 1.29 is 4.79 Å². The highest BCUT2D eigenvalue weighted by Gasteiger charge is 2.43. The average Bonchev–Trinajstić information content (AvgIpc) is 3.01. The molecule has 5 nitrogen and oxygen atoms in total. The monoisotopic (exact) mass is 300 g/mol. The fourth-order valence-corrected chi connectivity index (χ4v) is 3.82. The summed E-state index contributed by atoms with van der Waals surface area (Å²) in [6.07, 6.45) is 10.5. The van der Waals surface area contributed by atoms with Crippen molar-refractivity contribution in [2.24, 2.45) is 5.41 Å². The molecule has 0 radical (unpaired) electrons. The number of amides is 1. The molecule has 1 atom stereocenters. The van der Waals surface area contributed by atoms with Gasteiger partial charge in [0.1, 0.15) is 5.41 Å². The Bertz CT molecular complexity index is 580. The number of nitrogens with zero attached hydrogens (tertiary/aromatic N) is 4. The third-order valence-corrected chi connectivity index (χ3v) is 5.12. The molecule has 22 heavy (non-hydrogen) atoms. The molecule has 2 aliphatic rings. The first-order chi connectivity index (χ1) is 10.6. The molecule has 0 unspecified atom stereocenters. The van der Waals surface area contributed by atoms with Gasteiger partial charge < -0.3 is 4.90 Å². The van der Waals surface area contributed by atoms with Crippen molar-refractivity contribution in [3.05, 3.63) is 18.0 Å². The topological polar surface area (TPSA) is 61.9 Å². The van der Waals surface area contributed by atoms with Gasteiger partial charge in [0.25, 0.3) is 0 Å². The SMILES string of the molecule is Cc1cnn([C@@H]2CCCN(C(=O)C3(C#N)CCCCC3)C2)c1. The van der Waals surface area contributed by atoms with Crippen molar-refractivity contribution in [2.45, 2.75) is 57.9 Å². The highest BCUT2D eigenvalue weighted by molar-refractivity contribution is 5.85. The maximum Gasteiger partial charge on any atom is 0.243 e. The number of piperidine rings is 1. The van der Waals surface area contributed by atoms with Gasteiger partial charge in [-0.2, -0.15) is 10.4 Å². The van der Waals surface area contributed by atoms with Gasteiger partial charge in [0.15, 0.2) is 0 Å². The lowest BCUT2D eigenvalue weighted by molar-refractivity contribution is -0.142. The van der Waals surface area contributed by atoms with E-state index in [0.29, 0.717) is 6.54 Å². The number of aromatic nitrogens is 2. The molecule has 3 rings (SSSR count). The van der Waals surface area contributed by atoms with E-state index in [2.05, 4.69) is 11.2 Å². The van der Waals surface area contributed by atoms with E-state index in [9.17, 15) is 10.1 Å². The van der Waals surface area contributed by atoms with Crippen molar-refractivity contribution in [1.29, 1.82) is 5.26 Å². The number of rotatable bonds is 2. The molecule has 1 amide bonds. The van der Waals surface area contributed by atoms with Crippen LogP contribution in [0.3, 0.4) is 0 Å². The Balaban J connectivity index is 1.74. The van der Waals surface area contributed by atoms with Crippen molar-refractivity contribution in [2.75, 3.05) is 13.1 Å². The predicted octanol–water partition coefficient (Wildman–Crippen LogP) is 2.83. The van der Waals surface area contributed by atoms with Gasteiger partial charge in [-0.05, 0) is 38.2 Å². The second-order valence-corrected chi connectivity index (χ2v) is 6.80. The van der Waals surface area contributed by atoms with Crippen molar-refractivity contribution >= 4 is 5.91 Å². The van der Waals surface area contributed by atoms with E-state index in [4.69, 9.17) is 0 Å². The highest BCUT2D eigenvalue weighted by atomic mass is 16.2. The second kappa shape index (κ2) is 6.12. The van der Waals surface area contributed by atoms with Crippen LogP contribution in [0.5, 0.6) is 0 Å². The summed E-state index contributed by atoms with van der Waals surface area (Å²) in [7, 11) is 0. The van der Waals surface area contributed by atoms with Crippen molar-refractivity contribution in [1.82, 2.24) is 14.7 Å². The van der Waals surface area contributed by atoms with E-state index in [0.717, 1.165) is 57.1 Å². The van der Waals surface area contributed by atoms with Crippen LogP contribution in [0.25, 0.3) is 0 Å². The number of hydrogen-bond donors (Lipinski definition) is 0. The van der Waals surface area contributed by atoms with Crippen molar-refractivity contribution in [3.8, 4) is 6.07 Å². The van der Waals surface area contributed by atoms with Gasteiger partial charge in [-0.1, -0.05) is 19.3 Å². The molecule has 1 saturated carbocycles. The predicted molar refractivity (Wildman–Crippen MR) is 82.9 cm³/mol. The minimum absolute atomic E-state index is 0.0586.